The molecule has 2 aliphatic heterocycles. The number of aryl methyl sites for hydroxylation is 1. The van der Waals surface area contributed by atoms with Gasteiger partial charge >= 0.3 is 0 Å². The fraction of sp³-hybridized carbons (Fsp3) is 0.308. The second-order valence-electron chi connectivity index (χ2n) is 8.78. The Kier molecular flexibility index (Phi) is 5.77. The molecule has 7 nitrogen and oxygen atoms in total. The second-order valence-corrected chi connectivity index (χ2v) is 8.78. The first kappa shape index (κ1) is 21.1. The molecule has 7 heteroatoms. The van der Waals surface area contributed by atoms with Crippen LogP contribution in [0.25, 0.3) is 11.3 Å². The third-order valence-electron chi connectivity index (χ3n) is 6.35. The zero-order chi connectivity index (χ0) is 22.8. The Morgan fingerprint density at radius 2 is 1.79 bits per heavy atom. The zero-order valence-corrected chi connectivity index (χ0v) is 18.7. The molecule has 0 bridgehead atoms. The van der Waals surface area contributed by atoms with Crippen LogP contribution < -0.4 is 15.1 Å². The van der Waals surface area contributed by atoms with Gasteiger partial charge in [-0.3, -0.25) is 9.59 Å². The molecule has 2 saturated heterocycles. The van der Waals surface area contributed by atoms with Gasteiger partial charge in [0.2, 0.25) is 11.8 Å². The summed E-state index contributed by atoms with van der Waals surface area (Å²) >= 11 is 0. The van der Waals surface area contributed by atoms with Crippen molar-refractivity contribution in [1.82, 2.24) is 10.2 Å². The molecule has 2 fully saturated rings. The van der Waals surface area contributed by atoms with Crippen molar-refractivity contribution in [2.75, 3.05) is 34.8 Å². The van der Waals surface area contributed by atoms with E-state index in [0.29, 0.717) is 12.2 Å². The fourth-order valence-corrected chi connectivity index (χ4v) is 4.45. The highest BCUT2D eigenvalue weighted by molar-refractivity contribution is 6.03. The molecule has 0 aliphatic carbocycles. The van der Waals surface area contributed by atoms with Gasteiger partial charge in [0.05, 0.1) is 11.6 Å². The van der Waals surface area contributed by atoms with E-state index in [-0.39, 0.29) is 24.2 Å². The van der Waals surface area contributed by atoms with E-state index < -0.39 is 0 Å². The summed E-state index contributed by atoms with van der Waals surface area (Å²) < 4.78 is 0. The van der Waals surface area contributed by atoms with Crippen molar-refractivity contribution in [1.29, 1.82) is 0 Å². The first-order valence-corrected chi connectivity index (χ1v) is 11.4. The van der Waals surface area contributed by atoms with Crippen LogP contribution >= 0.6 is 0 Å². The SMILES string of the molecule is Cc1ccc(N2CC(C(=O)Nc3cccc(-c4ccc(N5CCCC5)nn4)c3)CC2=O)cc1. The standard InChI is InChI=1S/C26H27N5O2/c1-18-7-9-22(10-8-18)31-17-20(16-25(31)32)26(33)27-21-6-4-5-19(15-21)23-11-12-24(29-28-23)30-13-2-3-14-30/h4-12,15,20H,2-3,13-14,16-17H2,1H3,(H,27,33). The number of benzene rings is 2. The third-order valence-corrected chi connectivity index (χ3v) is 6.35. The lowest BCUT2D eigenvalue weighted by Gasteiger charge is -2.17. The number of nitrogens with zero attached hydrogens (tertiary/aromatic N) is 4. The van der Waals surface area contributed by atoms with Gasteiger partial charge in [-0.1, -0.05) is 29.8 Å². The normalized spacial score (nSPS) is 18.1. The lowest BCUT2D eigenvalue weighted by molar-refractivity contribution is -0.122. The Morgan fingerprint density at radius 3 is 2.52 bits per heavy atom. The van der Waals surface area contributed by atoms with E-state index >= 15 is 0 Å². The van der Waals surface area contributed by atoms with E-state index in [1.54, 1.807) is 4.90 Å². The van der Waals surface area contributed by atoms with Gasteiger partial charge in [-0.25, -0.2) is 0 Å². The summed E-state index contributed by atoms with van der Waals surface area (Å²) in [4.78, 5) is 29.4. The molecular formula is C26H27N5O2. The number of carbonyl (C=O) groups is 2. The van der Waals surface area contributed by atoms with E-state index in [1.165, 1.54) is 12.8 Å². The molecule has 3 heterocycles. The number of rotatable bonds is 5. The van der Waals surface area contributed by atoms with E-state index in [0.717, 1.165) is 41.4 Å². The van der Waals surface area contributed by atoms with Crippen molar-refractivity contribution < 1.29 is 9.59 Å². The highest BCUT2D eigenvalue weighted by atomic mass is 16.2. The van der Waals surface area contributed by atoms with Crippen LogP contribution in [0.1, 0.15) is 24.8 Å². The number of amides is 2. The number of aromatic nitrogens is 2. The topological polar surface area (TPSA) is 78.4 Å². The molecule has 1 unspecified atom stereocenters. The summed E-state index contributed by atoms with van der Waals surface area (Å²) in [5, 5.41) is 11.8. The summed E-state index contributed by atoms with van der Waals surface area (Å²) in [5.74, 6) is 0.346. The quantitative estimate of drug-likeness (QED) is 0.646. The summed E-state index contributed by atoms with van der Waals surface area (Å²) in [6, 6.07) is 19.4. The minimum Gasteiger partial charge on any atom is -0.355 e. The minimum atomic E-state index is -0.387. The summed E-state index contributed by atoms with van der Waals surface area (Å²) in [6.07, 6.45) is 2.60. The highest BCUT2D eigenvalue weighted by Gasteiger charge is 2.35. The second kappa shape index (κ2) is 9.02. The Labute approximate surface area is 193 Å². The van der Waals surface area contributed by atoms with Crippen LogP contribution in [0.5, 0.6) is 0 Å². The van der Waals surface area contributed by atoms with Gasteiger partial charge in [-0.15, -0.1) is 10.2 Å². The average molecular weight is 442 g/mol. The van der Waals surface area contributed by atoms with E-state index in [1.807, 2.05) is 67.6 Å². The highest BCUT2D eigenvalue weighted by Crippen LogP contribution is 2.27. The van der Waals surface area contributed by atoms with Gasteiger partial charge in [0.1, 0.15) is 0 Å². The largest absolute Gasteiger partial charge is 0.355 e. The smallest absolute Gasteiger partial charge is 0.229 e. The van der Waals surface area contributed by atoms with E-state index in [4.69, 9.17) is 0 Å². The maximum Gasteiger partial charge on any atom is 0.229 e. The van der Waals surface area contributed by atoms with Gasteiger partial charge in [0, 0.05) is 43.0 Å². The van der Waals surface area contributed by atoms with Crippen LogP contribution in [0, 0.1) is 12.8 Å². The van der Waals surface area contributed by atoms with Crippen LogP contribution in [0.4, 0.5) is 17.2 Å². The Morgan fingerprint density at radius 1 is 1.00 bits per heavy atom. The van der Waals surface area contributed by atoms with Crippen LogP contribution in [0.3, 0.4) is 0 Å². The van der Waals surface area contributed by atoms with Crippen molar-refractivity contribution in [3.63, 3.8) is 0 Å². The molecule has 2 amide bonds. The van der Waals surface area contributed by atoms with Crippen LogP contribution in [-0.4, -0.2) is 41.6 Å². The molecule has 1 aromatic heterocycles. The first-order valence-electron chi connectivity index (χ1n) is 11.4. The number of nitrogens with one attached hydrogen (secondary N) is 1. The predicted octanol–water partition coefficient (Wildman–Crippen LogP) is 4.04. The molecule has 33 heavy (non-hydrogen) atoms. The van der Waals surface area contributed by atoms with Crippen molar-refractivity contribution in [2.24, 2.45) is 5.92 Å². The molecule has 2 aliphatic rings. The number of hydrogen-bond donors (Lipinski definition) is 1. The molecule has 3 aromatic rings. The molecule has 168 valence electrons. The Balaban J connectivity index is 1.25. The third kappa shape index (κ3) is 4.58. The lowest BCUT2D eigenvalue weighted by Crippen LogP contribution is -2.28. The van der Waals surface area contributed by atoms with E-state index in [2.05, 4.69) is 20.4 Å². The van der Waals surface area contributed by atoms with Crippen molar-refractivity contribution in [3.8, 4) is 11.3 Å². The fourth-order valence-electron chi connectivity index (χ4n) is 4.45. The van der Waals surface area contributed by atoms with Crippen LogP contribution in [0.15, 0.2) is 60.7 Å². The van der Waals surface area contributed by atoms with E-state index in [9.17, 15) is 9.59 Å². The van der Waals surface area contributed by atoms with Gasteiger partial charge in [0.15, 0.2) is 5.82 Å². The van der Waals surface area contributed by atoms with Crippen LogP contribution in [-0.2, 0) is 9.59 Å². The number of hydrogen-bond acceptors (Lipinski definition) is 5. The molecule has 0 radical (unpaired) electrons. The lowest BCUT2D eigenvalue weighted by atomic mass is 10.1. The van der Waals surface area contributed by atoms with Gasteiger partial charge in [0.25, 0.3) is 0 Å². The van der Waals surface area contributed by atoms with Crippen molar-refractivity contribution >= 4 is 29.0 Å². The molecular weight excluding hydrogens is 414 g/mol. The van der Waals surface area contributed by atoms with Crippen molar-refractivity contribution in [2.45, 2.75) is 26.2 Å². The summed E-state index contributed by atoms with van der Waals surface area (Å²) in [7, 11) is 0. The molecule has 1 N–H and O–H groups in total. The number of anilines is 3. The maximum atomic E-state index is 12.9. The monoisotopic (exact) mass is 441 g/mol. The number of carbonyl (C=O) groups excluding carboxylic acids is 2. The van der Waals surface area contributed by atoms with Gasteiger partial charge < -0.3 is 15.1 Å². The van der Waals surface area contributed by atoms with Gasteiger partial charge in [-0.05, 0) is 56.2 Å². The Hall–Kier alpha value is -3.74. The summed E-state index contributed by atoms with van der Waals surface area (Å²) in [6.45, 7) is 4.45. The predicted molar refractivity (Wildman–Crippen MR) is 129 cm³/mol. The molecule has 1 atom stereocenters. The molecule has 0 spiro atoms. The first-order chi connectivity index (χ1) is 16.1. The average Bonchev–Trinajstić information content (AvgIpc) is 3.50. The molecule has 0 saturated carbocycles. The maximum absolute atomic E-state index is 12.9. The van der Waals surface area contributed by atoms with Gasteiger partial charge in [-0.2, -0.15) is 0 Å². The minimum absolute atomic E-state index is 0.0267. The molecule has 2 aromatic carbocycles. The molecule has 5 rings (SSSR count). The van der Waals surface area contributed by atoms with Crippen molar-refractivity contribution in [3.05, 3.63) is 66.2 Å². The van der Waals surface area contributed by atoms with Crippen LogP contribution in [0.2, 0.25) is 0 Å². The summed E-state index contributed by atoms with van der Waals surface area (Å²) in [5.41, 5.74) is 4.30. The Bertz CT molecular complexity index is 1150. The zero-order valence-electron chi connectivity index (χ0n) is 18.7.